The summed E-state index contributed by atoms with van der Waals surface area (Å²) >= 11 is 0. The summed E-state index contributed by atoms with van der Waals surface area (Å²) in [6.07, 6.45) is 46.0. The molecule has 2 atom stereocenters. The Morgan fingerprint density at radius 1 is 0.564 bits per heavy atom. The van der Waals surface area contributed by atoms with Gasteiger partial charge in [0, 0.05) is 12.8 Å². The van der Waals surface area contributed by atoms with Gasteiger partial charge in [-0.1, -0.05) is 159 Å². The molecule has 0 bridgehead atoms. The number of nitrogens with one attached hydrogen (secondary N) is 2. The fourth-order valence-electron chi connectivity index (χ4n) is 6.49. The van der Waals surface area contributed by atoms with Crippen LogP contribution in [0.25, 0.3) is 0 Å². The van der Waals surface area contributed by atoms with Crippen LogP contribution in [0.15, 0.2) is 36.5 Å². The van der Waals surface area contributed by atoms with Gasteiger partial charge in [0.2, 0.25) is 11.8 Å². The van der Waals surface area contributed by atoms with E-state index in [1.165, 1.54) is 83.5 Å². The first kappa shape index (κ1) is 52.1. The molecule has 0 fully saturated rings. The molecular weight excluding hydrogens is 693 g/mol. The summed E-state index contributed by atoms with van der Waals surface area (Å²) in [7, 11) is 0. The molecule has 2 unspecified atom stereocenters. The predicted molar refractivity (Wildman–Crippen MR) is 227 cm³/mol. The normalized spacial score (nSPS) is 12.8. The van der Waals surface area contributed by atoms with E-state index in [0.717, 1.165) is 89.9 Å². The van der Waals surface area contributed by atoms with Gasteiger partial charge in [-0.3, -0.25) is 14.4 Å². The van der Waals surface area contributed by atoms with Crippen molar-refractivity contribution in [2.75, 3.05) is 13.2 Å². The SMILES string of the molecule is CC/C=C\C/C=C\C/C=C\CCCCCCCC(=O)OC(CCCCCCCCCCCCCC)CCCCCCCC(=O)NCC(=O)NC(CO)C(=O)O. The number of allylic oxidation sites excluding steroid dienone is 6. The summed E-state index contributed by atoms with van der Waals surface area (Å²) in [4.78, 5) is 47.6. The summed E-state index contributed by atoms with van der Waals surface area (Å²) in [5.74, 6) is -2.30. The van der Waals surface area contributed by atoms with Crippen LogP contribution in [0, 0.1) is 0 Å². The largest absolute Gasteiger partial charge is 0.480 e. The average molecular weight is 775 g/mol. The molecule has 0 aliphatic rings. The second-order valence-electron chi connectivity index (χ2n) is 15.1. The Bertz CT molecular complexity index is 1030. The molecule has 0 aromatic carbocycles. The molecule has 0 aromatic heterocycles. The Morgan fingerprint density at radius 2 is 1.04 bits per heavy atom. The lowest BCUT2D eigenvalue weighted by molar-refractivity contribution is -0.150. The fourth-order valence-corrected chi connectivity index (χ4v) is 6.49. The Labute approximate surface area is 336 Å². The minimum absolute atomic E-state index is 0.0199. The molecule has 0 radical (unpaired) electrons. The molecule has 0 aromatic rings. The highest BCUT2D eigenvalue weighted by atomic mass is 16.5. The maximum Gasteiger partial charge on any atom is 0.328 e. The number of hydrogen-bond acceptors (Lipinski definition) is 6. The van der Waals surface area contributed by atoms with Crippen LogP contribution in [0.3, 0.4) is 0 Å². The van der Waals surface area contributed by atoms with E-state index in [1.807, 2.05) is 0 Å². The summed E-state index contributed by atoms with van der Waals surface area (Å²) in [6, 6.07) is -1.38. The van der Waals surface area contributed by atoms with E-state index in [9.17, 15) is 19.2 Å². The zero-order valence-electron chi connectivity index (χ0n) is 35.2. The van der Waals surface area contributed by atoms with Crippen molar-refractivity contribution < 1.29 is 34.1 Å². The molecule has 0 rings (SSSR count). The average Bonchev–Trinajstić information content (AvgIpc) is 3.17. The third-order valence-electron chi connectivity index (χ3n) is 9.90. The highest BCUT2D eigenvalue weighted by molar-refractivity contribution is 5.87. The van der Waals surface area contributed by atoms with Crippen molar-refractivity contribution in [3.63, 3.8) is 0 Å². The monoisotopic (exact) mass is 775 g/mol. The fraction of sp³-hybridized carbons (Fsp3) is 0.783. The number of rotatable bonds is 40. The van der Waals surface area contributed by atoms with E-state index in [0.29, 0.717) is 19.3 Å². The molecule has 4 N–H and O–H groups in total. The molecule has 9 nitrogen and oxygen atoms in total. The maximum atomic E-state index is 12.8. The second kappa shape index (κ2) is 40.7. The van der Waals surface area contributed by atoms with Crippen molar-refractivity contribution in [1.82, 2.24) is 10.6 Å². The van der Waals surface area contributed by atoms with E-state index >= 15 is 0 Å². The zero-order chi connectivity index (χ0) is 40.5. The quantitative estimate of drug-likeness (QED) is 0.0276. The molecular formula is C46H82N2O7. The van der Waals surface area contributed by atoms with E-state index < -0.39 is 24.5 Å². The maximum absolute atomic E-state index is 12.8. The number of esters is 1. The number of unbranched alkanes of at least 4 members (excludes halogenated alkanes) is 20. The Kier molecular flexibility index (Phi) is 38.5. The molecule has 2 amide bonds. The van der Waals surface area contributed by atoms with Gasteiger partial charge in [-0.15, -0.1) is 0 Å². The van der Waals surface area contributed by atoms with Gasteiger partial charge >= 0.3 is 11.9 Å². The van der Waals surface area contributed by atoms with Gasteiger partial charge < -0.3 is 25.6 Å². The number of amides is 2. The van der Waals surface area contributed by atoms with E-state index in [1.54, 1.807) is 0 Å². The van der Waals surface area contributed by atoms with Crippen molar-refractivity contribution in [2.45, 2.75) is 219 Å². The zero-order valence-corrected chi connectivity index (χ0v) is 35.2. The highest BCUT2D eigenvalue weighted by Crippen LogP contribution is 2.19. The summed E-state index contributed by atoms with van der Waals surface area (Å²) in [5, 5.41) is 22.6. The summed E-state index contributed by atoms with van der Waals surface area (Å²) < 4.78 is 6.03. The van der Waals surface area contributed by atoms with Crippen LogP contribution < -0.4 is 10.6 Å². The van der Waals surface area contributed by atoms with Crippen LogP contribution in [-0.4, -0.2) is 59.3 Å². The van der Waals surface area contributed by atoms with E-state index in [2.05, 4.69) is 60.9 Å². The van der Waals surface area contributed by atoms with Crippen LogP contribution >= 0.6 is 0 Å². The molecule has 0 aliphatic carbocycles. The molecule has 0 heterocycles. The minimum Gasteiger partial charge on any atom is -0.480 e. The van der Waals surface area contributed by atoms with Crippen molar-refractivity contribution >= 4 is 23.8 Å². The standard InChI is InChI=1S/C46H82N2O7/c1-3-5-7-9-11-13-15-17-18-19-21-23-25-30-34-38-45(52)55-41(35-31-27-24-22-20-16-14-12-10-8-6-4-2)36-32-28-26-29-33-37-43(50)47-39-44(51)48-42(40-49)46(53)54/h5,7,11,13,17-18,41-42,49H,3-4,6,8-10,12,14-16,19-40H2,1-2H3,(H,47,50)(H,48,51)(H,53,54)/b7-5-,13-11-,18-17-. The smallest absolute Gasteiger partial charge is 0.328 e. The first-order chi connectivity index (χ1) is 26.8. The lowest BCUT2D eigenvalue weighted by atomic mass is 10.0. The number of carboxylic acids is 1. The van der Waals surface area contributed by atoms with Crippen molar-refractivity contribution in [1.29, 1.82) is 0 Å². The van der Waals surface area contributed by atoms with Gasteiger partial charge in [-0.05, 0) is 70.6 Å². The van der Waals surface area contributed by atoms with Gasteiger partial charge in [0.15, 0.2) is 0 Å². The summed E-state index contributed by atoms with van der Waals surface area (Å²) in [6.45, 7) is 3.38. The first-order valence-electron chi connectivity index (χ1n) is 22.4. The molecule has 0 saturated carbocycles. The Morgan fingerprint density at radius 3 is 1.56 bits per heavy atom. The highest BCUT2D eigenvalue weighted by Gasteiger charge is 2.19. The van der Waals surface area contributed by atoms with Gasteiger partial charge in [-0.25, -0.2) is 4.79 Å². The number of aliphatic hydroxyl groups is 1. The van der Waals surface area contributed by atoms with Gasteiger partial charge in [0.25, 0.3) is 0 Å². The Balaban J connectivity index is 4.33. The van der Waals surface area contributed by atoms with Crippen molar-refractivity contribution in [3.05, 3.63) is 36.5 Å². The molecule has 0 spiro atoms. The number of aliphatic carboxylic acids is 1. The van der Waals surface area contributed by atoms with Crippen LogP contribution in [0.1, 0.15) is 206 Å². The number of carboxylic acid groups (broad SMARTS) is 1. The first-order valence-corrected chi connectivity index (χ1v) is 22.4. The number of carbonyl (C=O) groups is 4. The van der Waals surface area contributed by atoms with Crippen LogP contribution in [-0.2, 0) is 23.9 Å². The van der Waals surface area contributed by atoms with Crippen LogP contribution in [0.2, 0.25) is 0 Å². The molecule has 318 valence electrons. The molecule has 9 heteroatoms. The third-order valence-corrected chi connectivity index (χ3v) is 9.90. The number of ether oxygens (including phenoxy) is 1. The van der Waals surface area contributed by atoms with Gasteiger partial charge in [-0.2, -0.15) is 0 Å². The summed E-state index contributed by atoms with van der Waals surface area (Å²) in [5.41, 5.74) is 0. The lowest BCUT2D eigenvalue weighted by Crippen LogP contribution is -2.47. The molecule has 55 heavy (non-hydrogen) atoms. The van der Waals surface area contributed by atoms with Crippen molar-refractivity contribution in [2.24, 2.45) is 0 Å². The topological polar surface area (TPSA) is 142 Å². The van der Waals surface area contributed by atoms with Crippen LogP contribution in [0.4, 0.5) is 0 Å². The number of carbonyl (C=O) groups excluding carboxylic acids is 3. The molecule has 0 aliphatic heterocycles. The van der Waals surface area contributed by atoms with Gasteiger partial charge in [0.05, 0.1) is 13.2 Å². The number of aliphatic hydroxyl groups excluding tert-OH is 1. The third kappa shape index (κ3) is 37.7. The lowest BCUT2D eigenvalue weighted by Gasteiger charge is -2.18. The van der Waals surface area contributed by atoms with Crippen LogP contribution in [0.5, 0.6) is 0 Å². The number of hydrogen-bond donors (Lipinski definition) is 4. The molecule has 0 saturated heterocycles. The Hall–Kier alpha value is -2.94. The van der Waals surface area contributed by atoms with Gasteiger partial charge in [0.1, 0.15) is 12.1 Å². The second-order valence-corrected chi connectivity index (χ2v) is 15.1. The van der Waals surface area contributed by atoms with E-state index in [-0.39, 0.29) is 24.5 Å². The van der Waals surface area contributed by atoms with E-state index in [4.69, 9.17) is 14.9 Å². The van der Waals surface area contributed by atoms with Crippen molar-refractivity contribution in [3.8, 4) is 0 Å². The predicted octanol–water partition coefficient (Wildman–Crippen LogP) is 11.0. The minimum atomic E-state index is -1.38.